The number of hydrogen-bond donors (Lipinski definition) is 3. The van der Waals surface area contributed by atoms with Crippen LogP contribution in [0.2, 0.25) is 0 Å². The van der Waals surface area contributed by atoms with Crippen LogP contribution in [0.5, 0.6) is 0 Å². The van der Waals surface area contributed by atoms with Crippen LogP contribution in [0.4, 0.5) is 22.8 Å². The zero-order valence-electron chi connectivity index (χ0n) is 28.5. The second kappa shape index (κ2) is 14.1. The number of rotatable bonds is 7. The average molecular weight is 751 g/mol. The highest BCUT2D eigenvalue weighted by Crippen LogP contribution is 2.45. The number of carbonyl (C=O) groups excluding carboxylic acids is 5. The molecule has 5 atom stereocenters. The van der Waals surface area contributed by atoms with Gasteiger partial charge in [-0.15, -0.1) is 6.58 Å². The lowest BCUT2D eigenvalue weighted by Gasteiger charge is -2.31. The molecule has 282 valence electrons. The van der Waals surface area contributed by atoms with Crippen LogP contribution in [0.1, 0.15) is 61.6 Å². The Balaban J connectivity index is 1.29. The van der Waals surface area contributed by atoms with Crippen LogP contribution in [0.15, 0.2) is 36.9 Å². The number of ether oxygens (including phenoxy) is 1. The number of amides is 6. The molecule has 5 aliphatic rings. The Kier molecular flexibility index (Phi) is 10.1. The van der Waals surface area contributed by atoms with Gasteiger partial charge < -0.3 is 25.2 Å². The fourth-order valence-corrected chi connectivity index (χ4v) is 8.36. The maximum absolute atomic E-state index is 14.0. The predicted molar refractivity (Wildman–Crippen MR) is 179 cm³/mol. The van der Waals surface area contributed by atoms with E-state index in [4.69, 9.17) is 4.74 Å². The summed E-state index contributed by atoms with van der Waals surface area (Å²) in [6.45, 7) is 3.77. The fourth-order valence-electron chi connectivity index (χ4n) is 6.99. The van der Waals surface area contributed by atoms with Crippen molar-refractivity contribution in [2.75, 3.05) is 20.1 Å². The number of fused-ring (bicyclic) bond motifs is 3. The number of carbonyl (C=O) groups is 5. The number of hydrogen-bond acceptors (Lipinski definition) is 8. The standard InChI is InChI=1S/C34H41F3N6O8S/c1-3-22-15-33(22,30(46)40-52(49,50)24-11-12-24)39-28(44)27-14-23-18-43(27)29(45)26(16-34(35,36)37)38-31(47)41(2)13-6-4-5-8-20-9-7-10-21-17-42(19-25(20)21)32(48)51-23/h3,5,7-10,22-24,26-27H,1,4,6,11-19H2,2H3,(H,38,47)(H,39,44)(H,40,46)/b8-5+/t22-,23-,26+,27+,33+/m1/s1. The maximum atomic E-state index is 14.0. The number of nitrogens with zero attached hydrogens (tertiary/aromatic N) is 3. The monoisotopic (exact) mass is 750 g/mol. The van der Waals surface area contributed by atoms with E-state index >= 15 is 0 Å². The van der Waals surface area contributed by atoms with Crippen LogP contribution in [-0.2, 0) is 42.2 Å². The molecule has 14 nitrogen and oxygen atoms in total. The van der Waals surface area contributed by atoms with Crippen molar-refractivity contribution in [1.82, 2.24) is 30.1 Å². The van der Waals surface area contributed by atoms with Crippen molar-refractivity contribution >= 4 is 45.9 Å². The first-order valence-electron chi connectivity index (χ1n) is 17.1. The molecule has 0 aromatic heterocycles. The van der Waals surface area contributed by atoms with Crippen molar-refractivity contribution in [3.05, 3.63) is 53.6 Å². The summed E-state index contributed by atoms with van der Waals surface area (Å²) in [4.78, 5) is 71.2. The van der Waals surface area contributed by atoms with E-state index in [1.807, 2.05) is 35.1 Å². The molecule has 3 aliphatic heterocycles. The van der Waals surface area contributed by atoms with Gasteiger partial charge in [-0.05, 0) is 48.8 Å². The number of urea groups is 1. The lowest BCUT2D eigenvalue weighted by atomic mass is 10.0. The highest BCUT2D eigenvalue weighted by molar-refractivity contribution is 7.91. The highest BCUT2D eigenvalue weighted by atomic mass is 32.2. The van der Waals surface area contributed by atoms with Gasteiger partial charge in [-0.25, -0.2) is 18.0 Å². The molecular formula is C34H41F3N6O8S. The normalized spacial score (nSPS) is 28.9. The van der Waals surface area contributed by atoms with Gasteiger partial charge in [0, 0.05) is 32.5 Å². The first kappa shape index (κ1) is 37.2. The van der Waals surface area contributed by atoms with Crippen molar-refractivity contribution in [3.8, 4) is 0 Å². The van der Waals surface area contributed by atoms with E-state index in [-0.39, 0.29) is 32.5 Å². The van der Waals surface area contributed by atoms with Gasteiger partial charge in [0.2, 0.25) is 21.8 Å². The van der Waals surface area contributed by atoms with Gasteiger partial charge in [0.1, 0.15) is 23.7 Å². The van der Waals surface area contributed by atoms with E-state index in [0.717, 1.165) is 26.5 Å². The third-order valence-corrected chi connectivity index (χ3v) is 12.0. The molecular weight excluding hydrogens is 709 g/mol. The molecule has 4 bridgehead atoms. The lowest BCUT2D eigenvalue weighted by Crippen LogP contribution is -2.59. The Bertz CT molecular complexity index is 1800. The molecule has 0 unspecified atom stereocenters. The summed E-state index contributed by atoms with van der Waals surface area (Å²) in [6.07, 6.45) is -2.01. The molecule has 1 aromatic rings. The minimum absolute atomic E-state index is 0.0148. The largest absolute Gasteiger partial charge is 0.444 e. The van der Waals surface area contributed by atoms with Gasteiger partial charge in [0.25, 0.3) is 5.91 Å². The number of allylic oxidation sites excluding steroid dienone is 1. The quantitative estimate of drug-likeness (QED) is 0.357. The Morgan fingerprint density at radius 1 is 1.17 bits per heavy atom. The Labute approximate surface area is 298 Å². The molecule has 2 saturated carbocycles. The molecule has 3 fully saturated rings. The summed E-state index contributed by atoms with van der Waals surface area (Å²) in [6, 6.07) is 1.02. The summed E-state index contributed by atoms with van der Waals surface area (Å²) in [5, 5.41) is 3.98. The van der Waals surface area contributed by atoms with Crippen molar-refractivity contribution in [3.63, 3.8) is 0 Å². The Morgan fingerprint density at radius 3 is 2.60 bits per heavy atom. The minimum atomic E-state index is -4.90. The first-order valence-corrected chi connectivity index (χ1v) is 18.7. The van der Waals surface area contributed by atoms with E-state index in [1.165, 1.54) is 18.0 Å². The van der Waals surface area contributed by atoms with E-state index in [0.29, 0.717) is 25.7 Å². The fraction of sp³-hybridized carbons (Fsp3) is 0.559. The topological polar surface area (TPSA) is 175 Å². The summed E-state index contributed by atoms with van der Waals surface area (Å²) in [5.41, 5.74) is 0.954. The third kappa shape index (κ3) is 7.90. The van der Waals surface area contributed by atoms with Gasteiger partial charge in [-0.3, -0.25) is 24.0 Å². The molecule has 52 heavy (non-hydrogen) atoms. The minimum Gasteiger partial charge on any atom is -0.444 e. The zero-order valence-corrected chi connectivity index (χ0v) is 29.3. The Hall–Kier alpha value is -4.61. The maximum Gasteiger partial charge on any atom is 0.410 e. The zero-order chi connectivity index (χ0) is 37.6. The molecule has 1 saturated heterocycles. The number of alkyl halides is 3. The molecule has 18 heteroatoms. The van der Waals surface area contributed by atoms with Crippen LogP contribution in [0.25, 0.3) is 6.08 Å². The van der Waals surface area contributed by atoms with Crippen LogP contribution in [0.3, 0.4) is 0 Å². The van der Waals surface area contributed by atoms with E-state index in [2.05, 4.69) is 17.2 Å². The van der Waals surface area contributed by atoms with Gasteiger partial charge >= 0.3 is 18.3 Å². The Morgan fingerprint density at radius 2 is 1.92 bits per heavy atom. The lowest BCUT2D eigenvalue weighted by molar-refractivity contribution is -0.155. The predicted octanol–water partition coefficient (Wildman–Crippen LogP) is 2.55. The smallest absolute Gasteiger partial charge is 0.410 e. The second-order valence-corrected chi connectivity index (χ2v) is 16.0. The van der Waals surface area contributed by atoms with Crippen LogP contribution in [-0.4, -0.2) is 108 Å². The van der Waals surface area contributed by atoms with Gasteiger partial charge in [-0.2, -0.15) is 13.2 Å². The van der Waals surface area contributed by atoms with Gasteiger partial charge in [0.15, 0.2) is 0 Å². The summed E-state index contributed by atoms with van der Waals surface area (Å²) in [7, 11) is -2.62. The van der Waals surface area contributed by atoms with Gasteiger partial charge in [-0.1, -0.05) is 36.4 Å². The SMILES string of the molecule is C=C[C@@H]1C[C@@]1(NC(=O)[C@@H]1C[C@@H]2CN1C(=O)[C@H](CC(F)(F)F)NC(=O)N(C)CCC/C=C/c1cccc3c1CN(C3)C(=O)O2)C(=O)NS(=O)(=O)C1CC1. The third-order valence-electron chi connectivity index (χ3n) is 10.2. The number of halogens is 3. The molecule has 6 amide bonds. The molecule has 3 heterocycles. The van der Waals surface area contributed by atoms with Crippen LogP contribution in [0, 0.1) is 5.92 Å². The highest BCUT2D eigenvalue weighted by Gasteiger charge is 2.62. The van der Waals surface area contributed by atoms with E-state index in [9.17, 15) is 45.6 Å². The van der Waals surface area contributed by atoms with Crippen molar-refractivity contribution in [2.24, 2.45) is 5.92 Å². The first-order chi connectivity index (χ1) is 24.5. The number of benzene rings is 1. The molecule has 3 N–H and O–H groups in total. The van der Waals surface area contributed by atoms with Crippen LogP contribution < -0.4 is 15.4 Å². The van der Waals surface area contributed by atoms with E-state index < -0.39 is 93.9 Å². The molecule has 0 spiro atoms. The molecule has 0 radical (unpaired) electrons. The average Bonchev–Trinajstić information content (AvgIpc) is 3.97. The van der Waals surface area contributed by atoms with E-state index in [1.54, 1.807) is 0 Å². The van der Waals surface area contributed by atoms with Crippen molar-refractivity contribution in [1.29, 1.82) is 0 Å². The summed E-state index contributed by atoms with van der Waals surface area (Å²) >= 11 is 0. The van der Waals surface area contributed by atoms with Crippen LogP contribution >= 0.6 is 0 Å². The van der Waals surface area contributed by atoms with Gasteiger partial charge in [0.05, 0.1) is 24.8 Å². The molecule has 1 aromatic carbocycles. The molecule has 2 aliphatic carbocycles. The van der Waals surface area contributed by atoms with Crippen molar-refractivity contribution < 1.29 is 50.3 Å². The second-order valence-electron chi connectivity index (χ2n) is 14.1. The summed E-state index contributed by atoms with van der Waals surface area (Å²) in [5.74, 6) is -3.90. The number of sulfonamides is 1. The van der Waals surface area contributed by atoms with Crippen molar-refractivity contribution in [2.45, 2.75) is 93.2 Å². The number of nitrogens with one attached hydrogen (secondary N) is 3. The summed E-state index contributed by atoms with van der Waals surface area (Å²) < 4.78 is 74.5. The molecule has 6 rings (SSSR count).